The normalized spacial score (nSPS) is 15.5. The predicted octanol–water partition coefficient (Wildman–Crippen LogP) is 3.46. The maximum Gasteiger partial charge on any atom is 0.350 e. The molecule has 0 saturated carbocycles. The van der Waals surface area contributed by atoms with Gasteiger partial charge in [-0.3, -0.25) is 0 Å². The Morgan fingerprint density at radius 1 is 1.38 bits per heavy atom. The van der Waals surface area contributed by atoms with Crippen LogP contribution >= 0.6 is 22.9 Å². The summed E-state index contributed by atoms with van der Waals surface area (Å²) in [6.07, 6.45) is 5.15. The average Bonchev–Trinajstić information content (AvgIpc) is 2.98. The molecule has 6 nitrogen and oxygen atoms in total. The largest absolute Gasteiger partial charge is 0.462 e. The maximum atomic E-state index is 11.9. The molecule has 0 atom stereocenters. The van der Waals surface area contributed by atoms with Crippen molar-refractivity contribution < 1.29 is 9.53 Å². The highest BCUT2D eigenvalue weighted by molar-refractivity contribution is 7.13. The molecule has 24 heavy (non-hydrogen) atoms. The Hall–Kier alpha value is -1.73. The van der Waals surface area contributed by atoms with Crippen LogP contribution in [0, 0.1) is 6.92 Å². The molecule has 0 radical (unpaired) electrons. The van der Waals surface area contributed by atoms with Gasteiger partial charge in [-0.05, 0) is 26.7 Å². The third-order valence-electron chi connectivity index (χ3n) is 4.01. The van der Waals surface area contributed by atoms with Gasteiger partial charge in [-0.25, -0.2) is 19.7 Å². The number of piperidine rings is 1. The number of halogens is 1. The van der Waals surface area contributed by atoms with E-state index in [1.54, 1.807) is 12.4 Å². The van der Waals surface area contributed by atoms with E-state index in [1.807, 2.05) is 13.8 Å². The zero-order chi connectivity index (χ0) is 17.1. The fraction of sp³-hybridized carbons (Fsp3) is 0.500. The van der Waals surface area contributed by atoms with E-state index in [4.69, 9.17) is 16.3 Å². The third kappa shape index (κ3) is 3.67. The topological polar surface area (TPSA) is 68.2 Å². The quantitative estimate of drug-likeness (QED) is 0.772. The van der Waals surface area contributed by atoms with E-state index in [9.17, 15) is 4.79 Å². The molecule has 8 heteroatoms. The summed E-state index contributed by atoms with van der Waals surface area (Å²) < 4.78 is 5.09. The molecule has 3 heterocycles. The Bertz CT molecular complexity index is 711. The Kier molecular flexibility index (Phi) is 5.30. The number of thiazole rings is 1. The Morgan fingerprint density at radius 3 is 2.67 bits per heavy atom. The zero-order valence-electron chi connectivity index (χ0n) is 13.7. The molecule has 1 aliphatic rings. The molecular formula is C16H19ClN4O2S. The first-order valence-corrected chi connectivity index (χ1v) is 9.15. The van der Waals surface area contributed by atoms with Gasteiger partial charge in [-0.15, -0.1) is 11.3 Å². The van der Waals surface area contributed by atoms with Crippen LogP contribution in [0.3, 0.4) is 0 Å². The lowest BCUT2D eigenvalue weighted by atomic mass is 9.98. The molecule has 2 aromatic rings. The summed E-state index contributed by atoms with van der Waals surface area (Å²) in [5, 5.41) is 1.56. The molecule has 3 rings (SSSR count). The summed E-state index contributed by atoms with van der Waals surface area (Å²) in [7, 11) is 0. The van der Waals surface area contributed by atoms with Crippen molar-refractivity contribution in [3.05, 3.63) is 33.0 Å². The Morgan fingerprint density at radius 2 is 2.04 bits per heavy atom. The molecule has 2 aromatic heterocycles. The van der Waals surface area contributed by atoms with Crippen LogP contribution in [0.15, 0.2) is 12.4 Å². The van der Waals surface area contributed by atoms with Crippen LogP contribution in [0.2, 0.25) is 5.02 Å². The van der Waals surface area contributed by atoms with Gasteiger partial charge in [0.25, 0.3) is 0 Å². The third-order valence-corrected chi connectivity index (χ3v) is 5.50. The summed E-state index contributed by atoms with van der Waals surface area (Å²) in [5.41, 5.74) is 0.761. The van der Waals surface area contributed by atoms with Crippen molar-refractivity contribution in [2.75, 3.05) is 24.6 Å². The number of carbonyl (C=O) groups excluding carboxylic acids is 1. The smallest absolute Gasteiger partial charge is 0.350 e. The monoisotopic (exact) mass is 366 g/mol. The van der Waals surface area contributed by atoms with Gasteiger partial charge in [-0.2, -0.15) is 0 Å². The first-order valence-electron chi connectivity index (χ1n) is 7.95. The van der Waals surface area contributed by atoms with E-state index in [0.717, 1.165) is 36.6 Å². The Balaban J connectivity index is 1.65. The van der Waals surface area contributed by atoms with Crippen LogP contribution in [0.4, 0.5) is 5.95 Å². The number of nitrogens with zero attached hydrogens (tertiary/aromatic N) is 4. The van der Waals surface area contributed by atoms with Gasteiger partial charge >= 0.3 is 5.97 Å². The van der Waals surface area contributed by atoms with Gasteiger partial charge < -0.3 is 9.64 Å². The molecule has 0 bridgehead atoms. The lowest BCUT2D eigenvalue weighted by molar-refractivity contribution is 0.0531. The van der Waals surface area contributed by atoms with E-state index in [1.165, 1.54) is 11.3 Å². The minimum absolute atomic E-state index is 0.272. The van der Waals surface area contributed by atoms with Crippen molar-refractivity contribution in [1.29, 1.82) is 0 Å². The summed E-state index contributed by atoms with van der Waals surface area (Å²) >= 11 is 7.29. The number of esters is 1. The van der Waals surface area contributed by atoms with Crippen LogP contribution in [-0.4, -0.2) is 40.6 Å². The van der Waals surface area contributed by atoms with Gasteiger partial charge in [-0.1, -0.05) is 11.6 Å². The molecular weight excluding hydrogens is 348 g/mol. The van der Waals surface area contributed by atoms with Gasteiger partial charge in [0.2, 0.25) is 5.95 Å². The molecule has 0 unspecified atom stereocenters. The van der Waals surface area contributed by atoms with Crippen LogP contribution < -0.4 is 4.90 Å². The zero-order valence-corrected chi connectivity index (χ0v) is 15.2. The van der Waals surface area contributed by atoms with Crippen molar-refractivity contribution in [3.8, 4) is 0 Å². The fourth-order valence-electron chi connectivity index (χ4n) is 2.77. The van der Waals surface area contributed by atoms with Gasteiger partial charge in [0.05, 0.1) is 34.7 Å². The summed E-state index contributed by atoms with van der Waals surface area (Å²) in [6, 6.07) is 0. The van der Waals surface area contributed by atoms with Crippen LogP contribution in [0.5, 0.6) is 0 Å². The number of hydrogen-bond donors (Lipinski definition) is 0. The van der Waals surface area contributed by atoms with E-state index in [0.29, 0.717) is 28.4 Å². The van der Waals surface area contributed by atoms with Gasteiger partial charge in [0.1, 0.15) is 4.88 Å². The van der Waals surface area contributed by atoms with Crippen molar-refractivity contribution in [3.63, 3.8) is 0 Å². The number of ether oxygens (including phenoxy) is 1. The van der Waals surface area contributed by atoms with Crippen molar-refractivity contribution in [2.24, 2.45) is 0 Å². The molecule has 128 valence electrons. The highest BCUT2D eigenvalue weighted by atomic mass is 35.5. The van der Waals surface area contributed by atoms with Gasteiger partial charge in [0, 0.05) is 19.0 Å². The van der Waals surface area contributed by atoms with E-state index in [2.05, 4.69) is 19.9 Å². The molecule has 0 N–H and O–H groups in total. The van der Waals surface area contributed by atoms with Crippen molar-refractivity contribution >= 4 is 34.9 Å². The fourth-order valence-corrected chi connectivity index (χ4v) is 4.00. The predicted molar refractivity (Wildman–Crippen MR) is 94.0 cm³/mol. The number of rotatable bonds is 4. The highest BCUT2D eigenvalue weighted by Gasteiger charge is 2.26. The summed E-state index contributed by atoms with van der Waals surface area (Å²) in [4.78, 5) is 27.8. The minimum Gasteiger partial charge on any atom is -0.462 e. The molecule has 1 fully saturated rings. The molecule has 0 spiro atoms. The van der Waals surface area contributed by atoms with Crippen LogP contribution in [0.1, 0.15) is 46.1 Å². The molecule has 1 aliphatic heterocycles. The molecule has 0 aromatic carbocycles. The maximum absolute atomic E-state index is 11.9. The number of carbonyl (C=O) groups is 1. The average molecular weight is 367 g/mol. The van der Waals surface area contributed by atoms with Crippen molar-refractivity contribution in [1.82, 2.24) is 15.0 Å². The molecule has 0 aliphatic carbocycles. The SMILES string of the molecule is CCOC(=O)c1sc(C2CCN(c3ncc(Cl)cn3)CC2)nc1C. The van der Waals surface area contributed by atoms with Crippen LogP contribution in [0.25, 0.3) is 0 Å². The molecule has 0 amide bonds. The number of hydrogen-bond acceptors (Lipinski definition) is 7. The first kappa shape index (κ1) is 17.1. The second kappa shape index (κ2) is 7.44. The molecule has 1 saturated heterocycles. The first-order chi connectivity index (χ1) is 11.6. The minimum atomic E-state index is -0.272. The summed E-state index contributed by atoms with van der Waals surface area (Å²) in [5.74, 6) is 0.798. The highest BCUT2D eigenvalue weighted by Crippen LogP contribution is 2.33. The second-order valence-corrected chi connectivity index (χ2v) is 7.12. The number of aryl methyl sites for hydroxylation is 1. The van der Waals surface area contributed by atoms with Crippen LogP contribution in [-0.2, 0) is 4.74 Å². The number of anilines is 1. The summed E-state index contributed by atoms with van der Waals surface area (Å²) in [6.45, 7) is 5.77. The van der Waals surface area contributed by atoms with Crippen molar-refractivity contribution in [2.45, 2.75) is 32.6 Å². The lowest BCUT2D eigenvalue weighted by Crippen LogP contribution is -2.34. The van der Waals surface area contributed by atoms with E-state index in [-0.39, 0.29) is 5.97 Å². The standard InChI is InChI=1S/C16H19ClN4O2S/c1-3-23-15(22)13-10(2)20-14(24-13)11-4-6-21(7-5-11)16-18-8-12(17)9-19-16/h8-9,11H,3-7H2,1-2H3. The number of aromatic nitrogens is 3. The second-order valence-electron chi connectivity index (χ2n) is 5.65. The van der Waals surface area contributed by atoms with Gasteiger partial charge in [0.15, 0.2) is 0 Å². The van der Waals surface area contributed by atoms with E-state index < -0.39 is 0 Å². The Labute approximate surface area is 149 Å². The van der Waals surface area contributed by atoms with E-state index >= 15 is 0 Å². The lowest BCUT2D eigenvalue weighted by Gasteiger charge is -2.30.